The summed E-state index contributed by atoms with van der Waals surface area (Å²) < 4.78 is 1.68. The Bertz CT molecular complexity index is 690. The van der Waals surface area contributed by atoms with Crippen molar-refractivity contribution in [1.29, 1.82) is 0 Å². The molecule has 2 aromatic rings. The average Bonchev–Trinajstić information content (AvgIpc) is 3.08. The van der Waals surface area contributed by atoms with Crippen molar-refractivity contribution in [2.24, 2.45) is 18.4 Å². The first-order valence-corrected chi connectivity index (χ1v) is 8.17. The molecule has 0 radical (unpaired) electrons. The summed E-state index contributed by atoms with van der Waals surface area (Å²) in [6.07, 6.45) is 8.83. The maximum Gasteiger partial charge on any atom is 0.255 e. The number of carbonyl (C=O) groups excluding carboxylic acids is 1. The van der Waals surface area contributed by atoms with Crippen LogP contribution in [-0.4, -0.2) is 27.2 Å². The Morgan fingerprint density at radius 2 is 2.30 bits per heavy atom. The molecule has 0 saturated heterocycles. The standard InChI is InChI=1S/C18H24N4O/c1-18(2)7-6-13(9-18)10-20-17(23)15-12-22(3)21-16(15)14-5-4-8-19-11-14/h4-5,8,11-13H,6-7,9-10H2,1-3H3,(H,20,23). The molecule has 1 aliphatic rings. The lowest BCUT2D eigenvalue weighted by molar-refractivity contribution is 0.0947. The van der Waals surface area contributed by atoms with Crippen molar-refractivity contribution in [3.63, 3.8) is 0 Å². The summed E-state index contributed by atoms with van der Waals surface area (Å²) in [5.41, 5.74) is 2.56. The molecule has 0 aliphatic heterocycles. The van der Waals surface area contributed by atoms with Gasteiger partial charge in [0, 0.05) is 37.7 Å². The van der Waals surface area contributed by atoms with Gasteiger partial charge in [0.05, 0.1) is 5.56 Å². The summed E-state index contributed by atoms with van der Waals surface area (Å²) in [4.78, 5) is 16.7. The third kappa shape index (κ3) is 3.60. The summed E-state index contributed by atoms with van der Waals surface area (Å²) >= 11 is 0. The quantitative estimate of drug-likeness (QED) is 0.944. The zero-order chi connectivity index (χ0) is 16.4. The number of nitrogens with one attached hydrogen (secondary N) is 1. The van der Waals surface area contributed by atoms with Gasteiger partial charge in [-0.25, -0.2) is 0 Å². The van der Waals surface area contributed by atoms with Gasteiger partial charge >= 0.3 is 0 Å². The van der Waals surface area contributed by atoms with Gasteiger partial charge in [0.2, 0.25) is 0 Å². The molecule has 1 atom stereocenters. The van der Waals surface area contributed by atoms with Crippen LogP contribution in [0.25, 0.3) is 11.3 Å². The molecule has 5 heteroatoms. The van der Waals surface area contributed by atoms with Crippen LogP contribution in [0.15, 0.2) is 30.7 Å². The lowest BCUT2D eigenvalue weighted by atomic mass is 9.90. The second-order valence-corrected chi connectivity index (χ2v) is 7.29. The van der Waals surface area contributed by atoms with Crippen LogP contribution in [0.3, 0.4) is 0 Å². The molecule has 1 unspecified atom stereocenters. The van der Waals surface area contributed by atoms with Crippen molar-refractivity contribution in [2.45, 2.75) is 33.1 Å². The SMILES string of the molecule is Cn1cc(C(=O)NCC2CCC(C)(C)C2)c(-c2cccnc2)n1. The summed E-state index contributed by atoms with van der Waals surface area (Å²) in [5, 5.41) is 7.51. The van der Waals surface area contributed by atoms with Crippen molar-refractivity contribution in [1.82, 2.24) is 20.1 Å². The van der Waals surface area contributed by atoms with E-state index >= 15 is 0 Å². The van der Waals surface area contributed by atoms with Crippen molar-refractivity contribution >= 4 is 5.91 Å². The van der Waals surface area contributed by atoms with Crippen molar-refractivity contribution in [2.75, 3.05) is 6.54 Å². The first-order chi connectivity index (χ1) is 10.9. The predicted molar refractivity (Wildman–Crippen MR) is 89.9 cm³/mol. The Morgan fingerprint density at radius 1 is 1.48 bits per heavy atom. The number of aromatic nitrogens is 3. The fraction of sp³-hybridized carbons (Fsp3) is 0.500. The zero-order valence-electron chi connectivity index (χ0n) is 14.0. The van der Waals surface area contributed by atoms with E-state index in [1.54, 1.807) is 23.3 Å². The van der Waals surface area contributed by atoms with Gasteiger partial charge < -0.3 is 5.32 Å². The van der Waals surface area contributed by atoms with Gasteiger partial charge in [-0.15, -0.1) is 0 Å². The largest absolute Gasteiger partial charge is 0.352 e. The van der Waals surface area contributed by atoms with Gasteiger partial charge in [-0.05, 0) is 42.7 Å². The highest BCUT2D eigenvalue weighted by molar-refractivity contribution is 5.99. The van der Waals surface area contributed by atoms with E-state index in [-0.39, 0.29) is 5.91 Å². The number of amides is 1. The second kappa shape index (κ2) is 6.14. The Hall–Kier alpha value is -2.17. The molecule has 2 heterocycles. The van der Waals surface area contributed by atoms with Crippen molar-refractivity contribution < 1.29 is 4.79 Å². The van der Waals surface area contributed by atoms with Crippen LogP contribution in [-0.2, 0) is 7.05 Å². The molecule has 0 bridgehead atoms. The van der Waals surface area contributed by atoms with E-state index in [4.69, 9.17) is 0 Å². The topological polar surface area (TPSA) is 59.8 Å². The van der Waals surface area contributed by atoms with Crippen LogP contribution in [0.5, 0.6) is 0 Å². The molecule has 2 aromatic heterocycles. The summed E-state index contributed by atoms with van der Waals surface area (Å²) in [7, 11) is 1.83. The lowest BCUT2D eigenvalue weighted by Gasteiger charge is -2.17. The third-order valence-electron chi connectivity index (χ3n) is 4.63. The number of rotatable bonds is 4. The Morgan fingerprint density at radius 3 is 2.96 bits per heavy atom. The predicted octanol–water partition coefficient (Wildman–Crippen LogP) is 3.04. The number of hydrogen-bond acceptors (Lipinski definition) is 3. The molecule has 1 aliphatic carbocycles. The Labute approximate surface area is 137 Å². The van der Waals surface area contributed by atoms with E-state index in [0.29, 0.717) is 22.6 Å². The van der Waals surface area contributed by atoms with E-state index in [2.05, 4.69) is 29.2 Å². The molecule has 5 nitrogen and oxygen atoms in total. The first-order valence-electron chi connectivity index (χ1n) is 8.17. The van der Waals surface area contributed by atoms with Gasteiger partial charge in [0.25, 0.3) is 5.91 Å². The molecule has 122 valence electrons. The Balaban J connectivity index is 1.71. The lowest BCUT2D eigenvalue weighted by Crippen LogP contribution is -2.29. The smallest absolute Gasteiger partial charge is 0.255 e. The van der Waals surface area contributed by atoms with E-state index in [1.807, 2.05) is 19.2 Å². The molecule has 23 heavy (non-hydrogen) atoms. The Kier molecular flexibility index (Phi) is 4.20. The van der Waals surface area contributed by atoms with Crippen LogP contribution >= 0.6 is 0 Å². The minimum absolute atomic E-state index is 0.0540. The fourth-order valence-corrected chi connectivity index (χ4v) is 3.46. The van der Waals surface area contributed by atoms with Gasteiger partial charge in [-0.1, -0.05) is 13.8 Å². The van der Waals surface area contributed by atoms with Crippen LogP contribution in [0.4, 0.5) is 0 Å². The maximum absolute atomic E-state index is 12.6. The van der Waals surface area contributed by atoms with Crippen LogP contribution < -0.4 is 5.32 Å². The van der Waals surface area contributed by atoms with E-state index in [9.17, 15) is 4.79 Å². The van der Waals surface area contributed by atoms with Gasteiger partial charge in [0.15, 0.2) is 0 Å². The number of nitrogens with zero attached hydrogens (tertiary/aromatic N) is 3. The second-order valence-electron chi connectivity index (χ2n) is 7.29. The molecule has 0 spiro atoms. The van der Waals surface area contributed by atoms with Crippen molar-refractivity contribution in [3.8, 4) is 11.3 Å². The normalized spacial score (nSPS) is 19.7. The van der Waals surface area contributed by atoms with Crippen molar-refractivity contribution in [3.05, 3.63) is 36.3 Å². The zero-order valence-corrected chi connectivity index (χ0v) is 14.0. The highest BCUT2D eigenvalue weighted by atomic mass is 16.1. The highest BCUT2D eigenvalue weighted by Crippen LogP contribution is 2.40. The van der Waals surface area contributed by atoms with Crippen LogP contribution in [0, 0.1) is 11.3 Å². The molecule has 3 rings (SSSR count). The summed E-state index contributed by atoms with van der Waals surface area (Å²) in [6.45, 7) is 5.34. The summed E-state index contributed by atoms with van der Waals surface area (Å²) in [6, 6.07) is 3.78. The number of aryl methyl sites for hydroxylation is 1. The number of hydrogen-bond donors (Lipinski definition) is 1. The van der Waals surface area contributed by atoms with E-state index in [0.717, 1.165) is 12.1 Å². The molecule has 1 fully saturated rings. The third-order valence-corrected chi connectivity index (χ3v) is 4.63. The molecular weight excluding hydrogens is 288 g/mol. The first kappa shape index (κ1) is 15.7. The molecular formula is C18H24N4O. The highest BCUT2D eigenvalue weighted by Gasteiger charge is 2.31. The molecule has 1 N–H and O–H groups in total. The van der Waals surface area contributed by atoms with Crippen LogP contribution in [0.2, 0.25) is 0 Å². The minimum Gasteiger partial charge on any atom is -0.352 e. The molecule has 0 aromatic carbocycles. The average molecular weight is 312 g/mol. The molecule has 1 saturated carbocycles. The van der Waals surface area contributed by atoms with Gasteiger partial charge in [-0.3, -0.25) is 14.5 Å². The fourth-order valence-electron chi connectivity index (χ4n) is 3.46. The van der Waals surface area contributed by atoms with E-state index in [1.165, 1.54) is 19.3 Å². The minimum atomic E-state index is -0.0540. The number of carbonyl (C=O) groups is 1. The van der Waals surface area contributed by atoms with Gasteiger partial charge in [0.1, 0.15) is 5.69 Å². The maximum atomic E-state index is 12.6. The van der Waals surface area contributed by atoms with Gasteiger partial charge in [-0.2, -0.15) is 5.10 Å². The van der Waals surface area contributed by atoms with Crippen LogP contribution in [0.1, 0.15) is 43.5 Å². The number of pyridine rings is 1. The van der Waals surface area contributed by atoms with E-state index < -0.39 is 0 Å². The molecule has 1 amide bonds. The summed E-state index contributed by atoms with van der Waals surface area (Å²) in [5.74, 6) is 0.522. The monoisotopic (exact) mass is 312 g/mol.